The van der Waals surface area contributed by atoms with Gasteiger partial charge in [0.25, 0.3) is 5.89 Å². The first-order valence-electron chi connectivity index (χ1n) is 7.95. The summed E-state index contributed by atoms with van der Waals surface area (Å²) in [7, 11) is 0. The zero-order valence-electron chi connectivity index (χ0n) is 13.0. The van der Waals surface area contributed by atoms with Crippen molar-refractivity contribution in [2.45, 2.75) is 38.4 Å². The first-order chi connectivity index (χ1) is 11.2. The van der Waals surface area contributed by atoms with E-state index in [9.17, 15) is 4.79 Å². The number of rotatable bonds is 3. The minimum atomic E-state index is -0.126. The van der Waals surface area contributed by atoms with Crippen LogP contribution in [0.3, 0.4) is 0 Å². The average molecular weight is 333 g/mol. The molecule has 0 aromatic carbocycles. The molecule has 0 bridgehead atoms. The highest BCUT2D eigenvalue weighted by atomic mass is 32.1. The normalized spacial score (nSPS) is 27.2. The first kappa shape index (κ1) is 14.8. The number of likely N-dealkylation sites (tertiary alicyclic amines) is 1. The molecule has 2 aromatic heterocycles. The maximum atomic E-state index is 12.5. The van der Waals surface area contributed by atoms with Crippen molar-refractivity contribution < 1.29 is 14.1 Å². The molecule has 23 heavy (non-hydrogen) atoms. The molecule has 2 aliphatic rings. The number of carbonyl (C=O) groups is 1. The number of fused-ring (bicyclic) bond motifs is 1. The third-order valence-corrected chi connectivity index (χ3v) is 5.47. The molecule has 2 saturated heterocycles. The molecule has 7 heteroatoms. The summed E-state index contributed by atoms with van der Waals surface area (Å²) >= 11 is 1.63. The number of piperidine rings is 1. The lowest BCUT2D eigenvalue weighted by molar-refractivity contribution is -0.133. The van der Waals surface area contributed by atoms with Crippen molar-refractivity contribution in [2.24, 2.45) is 5.92 Å². The van der Waals surface area contributed by atoms with Crippen molar-refractivity contribution >= 4 is 17.2 Å². The Hall–Kier alpha value is -1.73. The molecule has 0 radical (unpaired) electrons. The standard InChI is InChI=1S/C16H19N3O3S/c1-10-17-16(22-18-10)14-7-11-9-19(5-4-13(11)21-14)15(20)8-12-3-2-6-23-12/h2-3,6,11,13-14H,4-5,7-9H2,1H3/t11-,13+,14+/m1/s1. The number of aromatic nitrogens is 2. The number of thiophene rings is 1. The van der Waals surface area contributed by atoms with Gasteiger partial charge in [-0.3, -0.25) is 4.79 Å². The molecule has 0 aliphatic carbocycles. The van der Waals surface area contributed by atoms with Gasteiger partial charge in [-0.25, -0.2) is 0 Å². The number of ether oxygens (including phenoxy) is 1. The van der Waals surface area contributed by atoms with Gasteiger partial charge >= 0.3 is 0 Å². The van der Waals surface area contributed by atoms with Gasteiger partial charge in [-0.15, -0.1) is 11.3 Å². The second kappa shape index (κ2) is 6.05. The Balaban J connectivity index is 1.38. The molecule has 1 amide bonds. The summed E-state index contributed by atoms with van der Waals surface area (Å²) in [6.07, 6.45) is 2.29. The van der Waals surface area contributed by atoms with E-state index in [-0.39, 0.29) is 18.1 Å². The van der Waals surface area contributed by atoms with Crippen LogP contribution in [-0.2, 0) is 16.0 Å². The molecule has 0 unspecified atom stereocenters. The van der Waals surface area contributed by atoms with E-state index < -0.39 is 0 Å². The highest BCUT2D eigenvalue weighted by molar-refractivity contribution is 7.10. The second-order valence-corrected chi connectivity index (χ2v) is 7.26. The van der Waals surface area contributed by atoms with Gasteiger partial charge in [0.1, 0.15) is 6.10 Å². The van der Waals surface area contributed by atoms with Crippen LogP contribution < -0.4 is 0 Å². The molecule has 0 spiro atoms. The van der Waals surface area contributed by atoms with Gasteiger partial charge in [0.15, 0.2) is 5.82 Å². The molecule has 2 fully saturated rings. The van der Waals surface area contributed by atoms with Crippen molar-refractivity contribution in [3.63, 3.8) is 0 Å². The predicted molar refractivity (Wildman–Crippen MR) is 84.0 cm³/mol. The number of hydrogen-bond donors (Lipinski definition) is 0. The maximum Gasteiger partial charge on any atom is 0.255 e. The van der Waals surface area contributed by atoms with Crippen LogP contribution in [0, 0.1) is 12.8 Å². The lowest BCUT2D eigenvalue weighted by Crippen LogP contribution is -2.44. The summed E-state index contributed by atoms with van der Waals surface area (Å²) in [4.78, 5) is 19.8. The van der Waals surface area contributed by atoms with Gasteiger partial charge in [0.2, 0.25) is 5.91 Å². The largest absolute Gasteiger partial charge is 0.365 e. The SMILES string of the molecule is Cc1noc([C@@H]2C[C@@H]3CN(C(=O)Cc4cccs4)CC[C@@H]3O2)n1. The molecular weight excluding hydrogens is 314 g/mol. The summed E-state index contributed by atoms with van der Waals surface area (Å²) in [5, 5.41) is 5.84. The van der Waals surface area contributed by atoms with Gasteiger partial charge in [-0.2, -0.15) is 4.98 Å². The summed E-state index contributed by atoms with van der Waals surface area (Å²) in [6.45, 7) is 3.33. The highest BCUT2D eigenvalue weighted by Gasteiger charge is 2.42. The summed E-state index contributed by atoms with van der Waals surface area (Å²) in [5.41, 5.74) is 0. The third-order valence-electron chi connectivity index (χ3n) is 4.60. The molecule has 4 rings (SSSR count). The van der Waals surface area contributed by atoms with Crippen LogP contribution in [0.4, 0.5) is 0 Å². The maximum absolute atomic E-state index is 12.5. The van der Waals surface area contributed by atoms with Crippen molar-refractivity contribution in [3.8, 4) is 0 Å². The van der Waals surface area contributed by atoms with Gasteiger partial charge in [-0.05, 0) is 31.2 Å². The molecule has 4 heterocycles. The monoisotopic (exact) mass is 333 g/mol. The van der Waals surface area contributed by atoms with Gasteiger partial charge < -0.3 is 14.2 Å². The van der Waals surface area contributed by atoms with E-state index in [1.54, 1.807) is 18.3 Å². The van der Waals surface area contributed by atoms with Crippen LogP contribution in [0.15, 0.2) is 22.0 Å². The van der Waals surface area contributed by atoms with Crippen molar-refractivity contribution in [2.75, 3.05) is 13.1 Å². The van der Waals surface area contributed by atoms with E-state index in [2.05, 4.69) is 10.1 Å². The smallest absolute Gasteiger partial charge is 0.255 e. The topological polar surface area (TPSA) is 68.5 Å². The van der Waals surface area contributed by atoms with Crippen LogP contribution in [0.5, 0.6) is 0 Å². The minimum absolute atomic E-state index is 0.126. The van der Waals surface area contributed by atoms with Crippen LogP contribution in [0.1, 0.15) is 35.5 Å². The fraction of sp³-hybridized carbons (Fsp3) is 0.562. The Kier molecular flexibility index (Phi) is 3.90. The Morgan fingerprint density at radius 1 is 1.52 bits per heavy atom. The Morgan fingerprint density at radius 3 is 3.17 bits per heavy atom. The zero-order chi connectivity index (χ0) is 15.8. The fourth-order valence-electron chi connectivity index (χ4n) is 3.46. The fourth-order valence-corrected chi connectivity index (χ4v) is 4.16. The molecule has 6 nitrogen and oxygen atoms in total. The van der Waals surface area contributed by atoms with Gasteiger partial charge in [0, 0.05) is 23.9 Å². The molecule has 2 aliphatic heterocycles. The molecule has 2 aromatic rings. The number of hydrogen-bond acceptors (Lipinski definition) is 6. The number of nitrogens with zero attached hydrogens (tertiary/aromatic N) is 3. The van der Waals surface area contributed by atoms with Gasteiger partial charge in [0.05, 0.1) is 12.5 Å². The Labute approximate surface area is 138 Å². The van der Waals surface area contributed by atoms with Crippen molar-refractivity contribution in [1.29, 1.82) is 0 Å². The van der Waals surface area contributed by atoms with Crippen molar-refractivity contribution in [1.82, 2.24) is 15.0 Å². The average Bonchev–Trinajstić information content (AvgIpc) is 3.25. The third kappa shape index (κ3) is 3.03. The van der Waals surface area contributed by atoms with Gasteiger partial charge in [-0.1, -0.05) is 11.2 Å². The number of amides is 1. The summed E-state index contributed by atoms with van der Waals surface area (Å²) in [5.74, 6) is 1.76. The van der Waals surface area contributed by atoms with Crippen LogP contribution in [0.25, 0.3) is 0 Å². The van der Waals surface area contributed by atoms with E-state index in [1.807, 2.05) is 22.4 Å². The van der Waals surface area contributed by atoms with Crippen molar-refractivity contribution in [3.05, 3.63) is 34.1 Å². The van der Waals surface area contributed by atoms with Crippen LogP contribution >= 0.6 is 11.3 Å². The predicted octanol–water partition coefficient (Wildman–Crippen LogP) is 2.36. The van der Waals surface area contributed by atoms with E-state index in [4.69, 9.17) is 9.26 Å². The highest BCUT2D eigenvalue weighted by Crippen LogP contribution is 2.40. The molecular formula is C16H19N3O3S. The van der Waals surface area contributed by atoms with E-state index in [0.29, 0.717) is 24.1 Å². The summed E-state index contributed by atoms with van der Waals surface area (Å²) < 4.78 is 11.3. The van der Waals surface area contributed by atoms with E-state index in [1.165, 1.54) is 0 Å². The molecule has 3 atom stereocenters. The minimum Gasteiger partial charge on any atom is -0.365 e. The molecule has 0 N–H and O–H groups in total. The second-order valence-electron chi connectivity index (χ2n) is 6.22. The first-order valence-corrected chi connectivity index (χ1v) is 8.83. The van der Waals surface area contributed by atoms with Crippen LogP contribution in [-0.4, -0.2) is 40.1 Å². The summed E-state index contributed by atoms with van der Waals surface area (Å²) in [6, 6.07) is 4.00. The molecule has 122 valence electrons. The lowest BCUT2D eigenvalue weighted by Gasteiger charge is -2.34. The zero-order valence-corrected chi connectivity index (χ0v) is 13.8. The van der Waals surface area contributed by atoms with Crippen LogP contribution in [0.2, 0.25) is 0 Å². The Bertz CT molecular complexity index is 685. The molecule has 0 saturated carbocycles. The van der Waals surface area contributed by atoms with E-state index >= 15 is 0 Å². The number of carbonyl (C=O) groups excluding carboxylic acids is 1. The Morgan fingerprint density at radius 2 is 2.43 bits per heavy atom. The van der Waals surface area contributed by atoms with E-state index in [0.717, 1.165) is 30.8 Å². The quantitative estimate of drug-likeness (QED) is 0.862. The number of aryl methyl sites for hydroxylation is 1. The lowest BCUT2D eigenvalue weighted by atomic mass is 9.92.